The Morgan fingerprint density at radius 1 is 1.17 bits per heavy atom. The largest absolute Gasteiger partial charge is 0.416 e. The Morgan fingerprint density at radius 3 is 2.28 bits per heavy atom. The summed E-state index contributed by atoms with van der Waals surface area (Å²) in [4.78, 5) is 26.4. The van der Waals surface area contributed by atoms with Crippen molar-refractivity contribution in [2.24, 2.45) is 0 Å². The van der Waals surface area contributed by atoms with E-state index in [9.17, 15) is 22.8 Å². The van der Waals surface area contributed by atoms with Crippen LogP contribution in [0, 0.1) is 6.92 Å². The molecule has 2 aromatic rings. The zero-order valence-electron chi connectivity index (χ0n) is 8.91. The van der Waals surface area contributed by atoms with Crippen LogP contribution in [0.5, 0.6) is 0 Å². The fourth-order valence-corrected chi connectivity index (χ4v) is 1.86. The highest BCUT2D eigenvalue weighted by molar-refractivity contribution is 6.35. The molecule has 0 bridgehead atoms. The van der Waals surface area contributed by atoms with Gasteiger partial charge in [0.15, 0.2) is 0 Å². The van der Waals surface area contributed by atoms with Crippen LogP contribution in [-0.2, 0) is 6.18 Å². The predicted molar refractivity (Wildman–Crippen MR) is 59.9 cm³/mol. The number of hydrogen-bond donors (Lipinski definition) is 2. The number of nitrogens with one attached hydrogen (secondary N) is 2. The standard InChI is InChI=1S/C10H6ClF3N2O2/c1-3-4(10(12,13)14)2-5-7(6(3)11)16-9(18)8(17)15-5/h2H,1H3,(H,15,17)(H,16,18). The summed E-state index contributed by atoms with van der Waals surface area (Å²) in [6.45, 7) is 1.19. The highest BCUT2D eigenvalue weighted by atomic mass is 35.5. The molecule has 0 aliphatic heterocycles. The zero-order valence-corrected chi connectivity index (χ0v) is 9.66. The van der Waals surface area contributed by atoms with Crippen molar-refractivity contribution in [2.75, 3.05) is 0 Å². The summed E-state index contributed by atoms with van der Waals surface area (Å²) in [5.41, 5.74) is -3.35. The van der Waals surface area contributed by atoms with Gasteiger partial charge in [-0.05, 0) is 18.6 Å². The molecule has 0 aliphatic rings. The highest BCUT2D eigenvalue weighted by Gasteiger charge is 2.34. The highest BCUT2D eigenvalue weighted by Crippen LogP contribution is 2.37. The summed E-state index contributed by atoms with van der Waals surface area (Å²) in [5.74, 6) is 0. The van der Waals surface area contributed by atoms with Crippen LogP contribution in [0.4, 0.5) is 13.2 Å². The number of hydrogen-bond acceptors (Lipinski definition) is 2. The van der Waals surface area contributed by atoms with E-state index in [1.807, 2.05) is 0 Å². The third-order valence-corrected chi connectivity index (χ3v) is 2.98. The molecule has 18 heavy (non-hydrogen) atoms. The molecule has 0 radical (unpaired) electrons. The first-order valence-electron chi connectivity index (χ1n) is 4.74. The number of fused-ring (bicyclic) bond motifs is 1. The average molecular weight is 279 g/mol. The molecule has 0 saturated heterocycles. The van der Waals surface area contributed by atoms with Crippen molar-refractivity contribution in [2.45, 2.75) is 13.1 Å². The van der Waals surface area contributed by atoms with Gasteiger partial charge < -0.3 is 9.97 Å². The van der Waals surface area contributed by atoms with Gasteiger partial charge in [-0.2, -0.15) is 13.2 Å². The van der Waals surface area contributed by atoms with Gasteiger partial charge >= 0.3 is 17.3 Å². The summed E-state index contributed by atoms with van der Waals surface area (Å²) in [5, 5.41) is -0.242. The first-order valence-corrected chi connectivity index (χ1v) is 5.12. The Morgan fingerprint density at radius 2 is 1.72 bits per heavy atom. The van der Waals surface area contributed by atoms with E-state index in [-0.39, 0.29) is 21.6 Å². The number of alkyl halides is 3. The summed E-state index contributed by atoms with van der Waals surface area (Å²) >= 11 is 5.77. The second kappa shape index (κ2) is 3.88. The maximum Gasteiger partial charge on any atom is 0.416 e. The Balaban J connectivity index is 2.97. The van der Waals surface area contributed by atoms with Crippen LogP contribution in [0.15, 0.2) is 15.7 Å². The number of rotatable bonds is 0. The van der Waals surface area contributed by atoms with E-state index < -0.39 is 22.9 Å². The van der Waals surface area contributed by atoms with Crippen molar-refractivity contribution >= 4 is 22.6 Å². The molecule has 1 aromatic heterocycles. The molecule has 4 nitrogen and oxygen atoms in total. The lowest BCUT2D eigenvalue weighted by atomic mass is 10.1. The molecule has 0 unspecified atom stereocenters. The lowest BCUT2D eigenvalue weighted by Crippen LogP contribution is -2.29. The Bertz CT molecular complexity index is 746. The van der Waals surface area contributed by atoms with Gasteiger partial charge in [-0.15, -0.1) is 0 Å². The van der Waals surface area contributed by atoms with Crippen molar-refractivity contribution in [3.05, 3.63) is 42.9 Å². The first-order chi connectivity index (χ1) is 8.21. The third kappa shape index (κ3) is 1.90. The summed E-state index contributed by atoms with van der Waals surface area (Å²) in [6.07, 6.45) is -4.59. The van der Waals surface area contributed by atoms with Gasteiger partial charge in [-0.1, -0.05) is 11.6 Å². The van der Waals surface area contributed by atoms with Crippen molar-refractivity contribution in [3.63, 3.8) is 0 Å². The van der Waals surface area contributed by atoms with Crippen LogP contribution < -0.4 is 11.1 Å². The molecule has 0 spiro atoms. The first kappa shape index (κ1) is 12.7. The second-order valence-electron chi connectivity index (χ2n) is 3.69. The molecule has 2 N–H and O–H groups in total. The van der Waals surface area contributed by atoms with E-state index in [4.69, 9.17) is 11.6 Å². The Hall–Kier alpha value is -1.76. The van der Waals surface area contributed by atoms with Crippen molar-refractivity contribution < 1.29 is 13.2 Å². The van der Waals surface area contributed by atoms with Gasteiger partial charge in [0, 0.05) is 0 Å². The SMILES string of the molecule is Cc1c(C(F)(F)F)cc2[nH]c(=O)c(=O)[nH]c2c1Cl. The maximum atomic E-state index is 12.7. The van der Waals surface area contributed by atoms with Gasteiger partial charge in [0.1, 0.15) is 0 Å². The number of aromatic amines is 2. The molecule has 96 valence electrons. The monoisotopic (exact) mass is 278 g/mol. The van der Waals surface area contributed by atoms with Crippen LogP contribution >= 0.6 is 11.6 Å². The third-order valence-electron chi connectivity index (χ3n) is 2.51. The lowest BCUT2D eigenvalue weighted by Gasteiger charge is -2.13. The summed E-state index contributed by atoms with van der Waals surface area (Å²) in [6, 6.07) is 0.744. The van der Waals surface area contributed by atoms with E-state index in [1.165, 1.54) is 6.92 Å². The minimum absolute atomic E-state index is 0.0215. The molecule has 8 heteroatoms. The fourth-order valence-electron chi connectivity index (χ4n) is 1.61. The van der Waals surface area contributed by atoms with Crippen molar-refractivity contribution in [1.82, 2.24) is 9.97 Å². The molecule has 0 fully saturated rings. The van der Waals surface area contributed by atoms with E-state index in [0.717, 1.165) is 6.07 Å². The predicted octanol–water partition coefficient (Wildman–Crippen LogP) is 2.20. The topological polar surface area (TPSA) is 65.7 Å². The molecule has 2 rings (SSSR count). The second-order valence-corrected chi connectivity index (χ2v) is 4.07. The maximum absolute atomic E-state index is 12.7. The van der Waals surface area contributed by atoms with E-state index in [2.05, 4.69) is 9.97 Å². The number of halogens is 4. The normalized spacial score (nSPS) is 12.1. The molecular weight excluding hydrogens is 273 g/mol. The van der Waals surface area contributed by atoms with Gasteiger partial charge in [0.05, 0.1) is 21.6 Å². The Kier molecular flexibility index (Phi) is 2.73. The number of H-pyrrole nitrogens is 2. The van der Waals surface area contributed by atoms with Gasteiger partial charge in [-0.25, -0.2) is 0 Å². The quantitative estimate of drug-likeness (QED) is 0.726. The van der Waals surface area contributed by atoms with Crippen LogP contribution in [-0.4, -0.2) is 9.97 Å². The molecule has 0 atom stereocenters. The van der Waals surface area contributed by atoms with Gasteiger partial charge in [0.2, 0.25) is 0 Å². The molecule has 1 aromatic carbocycles. The molecular formula is C10H6ClF3N2O2. The van der Waals surface area contributed by atoms with Crippen molar-refractivity contribution in [1.29, 1.82) is 0 Å². The molecule has 0 saturated carbocycles. The molecule has 1 heterocycles. The molecule has 0 amide bonds. The Labute approximate surface area is 102 Å². The summed E-state index contributed by atoms with van der Waals surface area (Å²) < 4.78 is 38.1. The van der Waals surface area contributed by atoms with Crippen LogP contribution in [0.25, 0.3) is 11.0 Å². The van der Waals surface area contributed by atoms with E-state index in [1.54, 1.807) is 0 Å². The smallest absolute Gasteiger partial charge is 0.316 e. The average Bonchev–Trinajstić information content (AvgIpc) is 2.25. The number of benzene rings is 1. The van der Waals surface area contributed by atoms with Crippen LogP contribution in [0.1, 0.15) is 11.1 Å². The van der Waals surface area contributed by atoms with E-state index in [0.29, 0.717) is 0 Å². The lowest BCUT2D eigenvalue weighted by molar-refractivity contribution is -0.137. The van der Waals surface area contributed by atoms with Gasteiger partial charge in [-0.3, -0.25) is 9.59 Å². The fraction of sp³-hybridized carbons (Fsp3) is 0.200. The zero-order chi connectivity index (χ0) is 13.7. The van der Waals surface area contributed by atoms with Crippen LogP contribution in [0.2, 0.25) is 5.02 Å². The summed E-state index contributed by atoms with van der Waals surface area (Å²) in [7, 11) is 0. The molecule has 0 aliphatic carbocycles. The minimum Gasteiger partial charge on any atom is -0.316 e. The van der Waals surface area contributed by atoms with E-state index >= 15 is 0 Å². The number of aromatic nitrogens is 2. The van der Waals surface area contributed by atoms with Crippen molar-refractivity contribution in [3.8, 4) is 0 Å². The minimum atomic E-state index is -4.59. The van der Waals surface area contributed by atoms with Gasteiger partial charge in [0.25, 0.3) is 0 Å². The van der Waals surface area contributed by atoms with Crippen LogP contribution in [0.3, 0.4) is 0 Å².